The number of nitrogens with one attached hydrogen (secondary N) is 1. The largest absolute Gasteiger partial charge is 0.364 e. The predicted octanol–water partition coefficient (Wildman–Crippen LogP) is 2.06. The smallest absolute Gasteiger partial charge is 0.269 e. The third kappa shape index (κ3) is 4.14. The number of benzene rings is 1. The summed E-state index contributed by atoms with van der Waals surface area (Å²) in [6.07, 6.45) is 2.43. The van der Waals surface area contributed by atoms with Crippen molar-refractivity contribution < 1.29 is 9.59 Å². The van der Waals surface area contributed by atoms with Crippen LogP contribution in [0.3, 0.4) is 0 Å². The first-order valence-corrected chi connectivity index (χ1v) is 6.66. The number of nitrogens with zero attached hydrogens (tertiary/aromatic N) is 1. The molecule has 1 aromatic heterocycles. The molecule has 108 valence electrons. The molecule has 0 atom stereocenters. The molecule has 0 aliphatic rings. The monoisotopic (exact) mass is 283 g/mol. The maximum absolute atomic E-state index is 11.9. The van der Waals surface area contributed by atoms with E-state index in [1.807, 2.05) is 31.2 Å². The highest BCUT2D eigenvalue weighted by Gasteiger charge is 2.11. The first-order chi connectivity index (χ1) is 10.1. The maximum Gasteiger partial charge on any atom is 0.269 e. The van der Waals surface area contributed by atoms with E-state index in [-0.39, 0.29) is 11.6 Å². The minimum absolute atomic E-state index is 0.0705. The molecule has 2 rings (SSSR count). The third-order valence-corrected chi connectivity index (χ3v) is 3.08. The zero-order chi connectivity index (χ0) is 15.2. The van der Waals surface area contributed by atoms with E-state index in [1.54, 1.807) is 12.1 Å². The van der Waals surface area contributed by atoms with Gasteiger partial charge in [0.1, 0.15) is 0 Å². The van der Waals surface area contributed by atoms with E-state index in [4.69, 9.17) is 5.73 Å². The van der Waals surface area contributed by atoms with Crippen LogP contribution in [0.15, 0.2) is 42.6 Å². The van der Waals surface area contributed by atoms with Crippen molar-refractivity contribution in [3.63, 3.8) is 0 Å². The van der Waals surface area contributed by atoms with Gasteiger partial charge in [-0.25, -0.2) is 4.98 Å². The van der Waals surface area contributed by atoms with Crippen LogP contribution >= 0.6 is 0 Å². The van der Waals surface area contributed by atoms with Crippen LogP contribution < -0.4 is 11.1 Å². The summed E-state index contributed by atoms with van der Waals surface area (Å²) in [6, 6.07) is 11.3. The number of amides is 2. The Morgan fingerprint density at radius 3 is 2.57 bits per heavy atom. The number of hydrogen-bond acceptors (Lipinski definition) is 3. The Morgan fingerprint density at radius 1 is 1.19 bits per heavy atom. The molecule has 2 amide bonds. The molecule has 0 saturated carbocycles. The normalized spacial score (nSPS) is 10.1. The van der Waals surface area contributed by atoms with Crippen molar-refractivity contribution in [2.24, 2.45) is 5.73 Å². The Labute approximate surface area is 123 Å². The molecule has 0 spiro atoms. The SMILES string of the molecule is Cc1ccc(CCC(=O)Nc2cccnc2C(N)=O)cc1. The molecule has 5 nitrogen and oxygen atoms in total. The predicted molar refractivity (Wildman–Crippen MR) is 80.9 cm³/mol. The minimum Gasteiger partial charge on any atom is -0.364 e. The van der Waals surface area contributed by atoms with Gasteiger partial charge >= 0.3 is 0 Å². The molecule has 0 radical (unpaired) electrons. The van der Waals surface area contributed by atoms with Crippen molar-refractivity contribution in [2.45, 2.75) is 19.8 Å². The number of anilines is 1. The van der Waals surface area contributed by atoms with Crippen molar-refractivity contribution in [1.29, 1.82) is 0 Å². The van der Waals surface area contributed by atoms with E-state index in [1.165, 1.54) is 11.8 Å². The van der Waals surface area contributed by atoms with Crippen molar-refractivity contribution in [3.05, 3.63) is 59.4 Å². The molecule has 5 heteroatoms. The first kappa shape index (κ1) is 14.7. The Balaban J connectivity index is 1.96. The molecule has 2 aromatic rings. The summed E-state index contributed by atoms with van der Waals surface area (Å²) in [4.78, 5) is 27.0. The molecular formula is C16H17N3O2. The van der Waals surface area contributed by atoms with Crippen LogP contribution in [0.4, 0.5) is 5.69 Å². The minimum atomic E-state index is -0.663. The van der Waals surface area contributed by atoms with E-state index in [0.717, 1.165) is 5.56 Å². The second-order valence-electron chi connectivity index (χ2n) is 4.80. The van der Waals surface area contributed by atoms with Gasteiger partial charge in [0.2, 0.25) is 5.91 Å². The van der Waals surface area contributed by atoms with Crippen molar-refractivity contribution in [1.82, 2.24) is 4.98 Å². The maximum atomic E-state index is 11.9. The molecule has 0 unspecified atom stereocenters. The number of aromatic nitrogens is 1. The van der Waals surface area contributed by atoms with Gasteiger partial charge in [-0.1, -0.05) is 29.8 Å². The lowest BCUT2D eigenvalue weighted by atomic mass is 10.1. The van der Waals surface area contributed by atoms with Crippen molar-refractivity contribution >= 4 is 17.5 Å². The molecule has 0 fully saturated rings. The van der Waals surface area contributed by atoms with Gasteiger partial charge in [-0.05, 0) is 31.0 Å². The standard InChI is InChI=1S/C16H17N3O2/c1-11-4-6-12(7-5-11)8-9-14(20)19-13-3-2-10-18-15(13)16(17)21/h2-7,10H,8-9H2,1H3,(H2,17,21)(H,19,20). The average molecular weight is 283 g/mol. The molecule has 21 heavy (non-hydrogen) atoms. The molecule has 1 aromatic carbocycles. The van der Waals surface area contributed by atoms with Gasteiger partial charge in [0.15, 0.2) is 5.69 Å². The van der Waals surface area contributed by atoms with Crippen LogP contribution in [0, 0.1) is 6.92 Å². The van der Waals surface area contributed by atoms with E-state index in [2.05, 4.69) is 10.3 Å². The average Bonchev–Trinajstić information content (AvgIpc) is 2.47. The number of pyridine rings is 1. The summed E-state index contributed by atoms with van der Waals surface area (Å²) in [5.41, 5.74) is 7.91. The van der Waals surface area contributed by atoms with Gasteiger partial charge in [-0.3, -0.25) is 9.59 Å². The van der Waals surface area contributed by atoms with Crippen molar-refractivity contribution in [3.8, 4) is 0 Å². The molecule has 3 N–H and O–H groups in total. The van der Waals surface area contributed by atoms with Gasteiger partial charge in [-0.15, -0.1) is 0 Å². The highest BCUT2D eigenvalue weighted by atomic mass is 16.2. The Kier molecular flexibility index (Phi) is 4.66. The highest BCUT2D eigenvalue weighted by molar-refractivity contribution is 6.01. The van der Waals surface area contributed by atoms with Gasteiger partial charge in [-0.2, -0.15) is 0 Å². The van der Waals surface area contributed by atoms with Crippen LogP contribution in [0.5, 0.6) is 0 Å². The van der Waals surface area contributed by atoms with Gasteiger partial charge in [0.05, 0.1) is 5.69 Å². The summed E-state index contributed by atoms with van der Waals surface area (Å²) >= 11 is 0. The van der Waals surface area contributed by atoms with Gasteiger partial charge in [0.25, 0.3) is 5.91 Å². The number of carbonyl (C=O) groups is 2. The number of carbonyl (C=O) groups excluding carboxylic acids is 2. The first-order valence-electron chi connectivity index (χ1n) is 6.66. The molecule has 0 aliphatic heterocycles. The Bertz CT molecular complexity index is 651. The van der Waals surface area contributed by atoms with E-state index in [9.17, 15) is 9.59 Å². The quantitative estimate of drug-likeness (QED) is 0.880. The van der Waals surface area contributed by atoms with E-state index in [0.29, 0.717) is 18.5 Å². The fraction of sp³-hybridized carbons (Fsp3) is 0.188. The summed E-state index contributed by atoms with van der Waals surface area (Å²) < 4.78 is 0. The fourth-order valence-electron chi connectivity index (χ4n) is 1.93. The van der Waals surface area contributed by atoms with Gasteiger partial charge in [0, 0.05) is 12.6 Å². The summed E-state index contributed by atoms with van der Waals surface area (Å²) in [5, 5.41) is 2.67. The van der Waals surface area contributed by atoms with Crippen LogP contribution in [0.2, 0.25) is 0 Å². The van der Waals surface area contributed by atoms with Crippen LogP contribution in [-0.2, 0) is 11.2 Å². The molecule has 0 saturated heterocycles. The molecule has 1 heterocycles. The Morgan fingerprint density at radius 2 is 1.90 bits per heavy atom. The summed E-state index contributed by atoms with van der Waals surface area (Å²) in [6.45, 7) is 2.02. The number of primary amides is 1. The number of hydrogen-bond donors (Lipinski definition) is 2. The zero-order valence-corrected chi connectivity index (χ0v) is 11.8. The number of rotatable bonds is 5. The summed E-state index contributed by atoms with van der Waals surface area (Å²) in [7, 11) is 0. The summed E-state index contributed by atoms with van der Waals surface area (Å²) in [5.74, 6) is -0.837. The second kappa shape index (κ2) is 6.65. The fourth-order valence-corrected chi connectivity index (χ4v) is 1.93. The molecule has 0 bridgehead atoms. The number of nitrogens with two attached hydrogens (primary N) is 1. The zero-order valence-electron chi connectivity index (χ0n) is 11.8. The molecule has 0 aliphatic carbocycles. The Hall–Kier alpha value is -2.69. The lowest BCUT2D eigenvalue weighted by Crippen LogP contribution is -2.19. The van der Waals surface area contributed by atoms with Gasteiger partial charge < -0.3 is 11.1 Å². The highest BCUT2D eigenvalue weighted by Crippen LogP contribution is 2.12. The lowest BCUT2D eigenvalue weighted by molar-refractivity contribution is -0.116. The van der Waals surface area contributed by atoms with E-state index >= 15 is 0 Å². The van der Waals surface area contributed by atoms with Crippen LogP contribution in [-0.4, -0.2) is 16.8 Å². The van der Waals surface area contributed by atoms with Crippen molar-refractivity contribution in [2.75, 3.05) is 5.32 Å². The second-order valence-corrected chi connectivity index (χ2v) is 4.80. The van der Waals surface area contributed by atoms with Crippen LogP contribution in [0.1, 0.15) is 28.0 Å². The van der Waals surface area contributed by atoms with E-state index < -0.39 is 5.91 Å². The topological polar surface area (TPSA) is 85.1 Å². The molecular weight excluding hydrogens is 266 g/mol. The van der Waals surface area contributed by atoms with Crippen LogP contribution in [0.25, 0.3) is 0 Å². The number of aryl methyl sites for hydroxylation is 2. The third-order valence-electron chi connectivity index (χ3n) is 3.08. The lowest BCUT2D eigenvalue weighted by Gasteiger charge is -2.08.